The molecule has 4 nitrogen and oxygen atoms in total. The summed E-state index contributed by atoms with van der Waals surface area (Å²) in [5.41, 5.74) is 1.24. The lowest BCUT2D eigenvalue weighted by molar-refractivity contribution is 0.313. The van der Waals surface area contributed by atoms with Crippen LogP contribution in [0.2, 0.25) is 0 Å². The van der Waals surface area contributed by atoms with Gasteiger partial charge in [-0.3, -0.25) is 0 Å². The van der Waals surface area contributed by atoms with Crippen molar-refractivity contribution in [3.8, 4) is 5.75 Å². The normalized spacial score (nSPS) is 11.3. The van der Waals surface area contributed by atoms with Crippen molar-refractivity contribution in [3.05, 3.63) is 29.8 Å². The summed E-state index contributed by atoms with van der Waals surface area (Å²) in [4.78, 5) is 4.53. The fourth-order valence-corrected chi connectivity index (χ4v) is 2.12. The zero-order valence-electron chi connectivity index (χ0n) is 13.4. The summed E-state index contributed by atoms with van der Waals surface area (Å²) in [6, 6.07) is 8.21. The Kier molecular flexibility index (Phi) is 8.26. The molecule has 0 saturated heterocycles. The second-order valence-corrected chi connectivity index (χ2v) is 5.46. The van der Waals surface area contributed by atoms with Crippen LogP contribution in [0.15, 0.2) is 24.3 Å². The summed E-state index contributed by atoms with van der Waals surface area (Å²) in [5, 5.41) is 3.49. The van der Waals surface area contributed by atoms with Crippen LogP contribution < -0.4 is 10.1 Å². The monoisotopic (exact) mass is 279 g/mol. The number of methoxy groups -OCH3 is 1. The van der Waals surface area contributed by atoms with Crippen LogP contribution in [0.4, 0.5) is 0 Å². The minimum atomic E-state index is 0.920. The van der Waals surface area contributed by atoms with Crippen LogP contribution in [0.1, 0.15) is 12.0 Å². The molecule has 0 aliphatic heterocycles. The van der Waals surface area contributed by atoms with E-state index in [2.05, 4.69) is 48.4 Å². The maximum absolute atomic E-state index is 5.38. The summed E-state index contributed by atoms with van der Waals surface area (Å²) < 4.78 is 5.38. The molecule has 0 fully saturated rings. The summed E-state index contributed by atoms with van der Waals surface area (Å²) in [7, 11) is 8.10. The Balaban J connectivity index is 2.18. The minimum Gasteiger partial charge on any atom is -0.496 e. The first-order valence-electron chi connectivity index (χ1n) is 7.29. The first-order valence-corrected chi connectivity index (χ1v) is 7.29. The molecule has 0 heterocycles. The Morgan fingerprint density at radius 2 is 1.80 bits per heavy atom. The van der Waals surface area contributed by atoms with Gasteiger partial charge in [-0.25, -0.2) is 0 Å². The van der Waals surface area contributed by atoms with Crippen LogP contribution in [-0.2, 0) is 6.54 Å². The summed E-state index contributed by atoms with van der Waals surface area (Å²) in [6.45, 7) is 5.22. The number of hydrogen-bond donors (Lipinski definition) is 1. The van der Waals surface area contributed by atoms with Gasteiger partial charge in [-0.05, 0) is 46.7 Å². The lowest BCUT2D eigenvalue weighted by Crippen LogP contribution is -2.30. The standard InChI is InChI=1S/C16H29N3O/c1-18(2)12-7-10-17-11-13-19(3)14-15-8-5-6-9-16(15)20-4/h5-6,8-9,17H,7,10-14H2,1-4H3. The Hall–Kier alpha value is -1.10. The third kappa shape index (κ3) is 6.89. The number of hydrogen-bond acceptors (Lipinski definition) is 4. The number of benzene rings is 1. The summed E-state index contributed by atoms with van der Waals surface area (Å²) in [5.74, 6) is 0.971. The predicted molar refractivity (Wildman–Crippen MR) is 85.4 cm³/mol. The average Bonchev–Trinajstić information content (AvgIpc) is 2.43. The Labute approximate surface area is 123 Å². The molecule has 114 valence electrons. The van der Waals surface area contributed by atoms with Crippen molar-refractivity contribution in [2.24, 2.45) is 0 Å². The van der Waals surface area contributed by atoms with Crippen LogP contribution in [0.3, 0.4) is 0 Å². The quantitative estimate of drug-likeness (QED) is 0.659. The molecule has 4 heteroatoms. The van der Waals surface area contributed by atoms with Crippen LogP contribution >= 0.6 is 0 Å². The highest BCUT2D eigenvalue weighted by Crippen LogP contribution is 2.18. The van der Waals surface area contributed by atoms with Crippen LogP contribution in [0.25, 0.3) is 0 Å². The van der Waals surface area contributed by atoms with Gasteiger partial charge in [0.05, 0.1) is 7.11 Å². The second-order valence-electron chi connectivity index (χ2n) is 5.46. The van der Waals surface area contributed by atoms with Crippen LogP contribution in [0.5, 0.6) is 5.75 Å². The molecule has 1 rings (SSSR count). The fraction of sp³-hybridized carbons (Fsp3) is 0.625. The molecule has 0 aliphatic carbocycles. The molecule has 0 saturated carbocycles. The number of rotatable bonds is 10. The fourth-order valence-electron chi connectivity index (χ4n) is 2.12. The van der Waals surface area contributed by atoms with Crippen LogP contribution in [0, 0.1) is 0 Å². The molecular weight excluding hydrogens is 250 g/mol. The van der Waals surface area contributed by atoms with Crippen LogP contribution in [-0.4, -0.2) is 64.2 Å². The molecule has 20 heavy (non-hydrogen) atoms. The van der Waals surface area contributed by atoms with Crippen molar-refractivity contribution >= 4 is 0 Å². The van der Waals surface area contributed by atoms with E-state index >= 15 is 0 Å². The lowest BCUT2D eigenvalue weighted by Gasteiger charge is -2.18. The zero-order valence-corrected chi connectivity index (χ0v) is 13.4. The van der Waals surface area contributed by atoms with E-state index in [9.17, 15) is 0 Å². The molecule has 0 amide bonds. The third-order valence-corrected chi connectivity index (χ3v) is 3.26. The molecule has 1 aromatic carbocycles. The summed E-state index contributed by atoms with van der Waals surface area (Å²) in [6.07, 6.45) is 1.20. The topological polar surface area (TPSA) is 27.7 Å². The molecule has 0 bridgehead atoms. The van der Waals surface area contributed by atoms with E-state index in [1.807, 2.05) is 12.1 Å². The maximum atomic E-state index is 5.38. The van der Waals surface area contributed by atoms with Gasteiger partial charge in [-0.2, -0.15) is 0 Å². The van der Waals surface area contributed by atoms with Gasteiger partial charge in [0.15, 0.2) is 0 Å². The van der Waals surface area contributed by atoms with E-state index in [0.717, 1.165) is 38.5 Å². The second kappa shape index (κ2) is 9.75. The van der Waals surface area contributed by atoms with Gasteiger partial charge in [0.25, 0.3) is 0 Å². The van der Waals surface area contributed by atoms with E-state index in [-0.39, 0.29) is 0 Å². The van der Waals surface area contributed by atoms with Crippen molar-refractivity contribution in [3.63, 3.8) is 0 Å². The van der Waals surface area contributed by atoms with Gasteiger partial charge in [0.2, 0.25) is 0 Å². The molecule has 1 aromatic rings. The Morgan fingerprint density at radius 3 is 2.50 bits per heavy atom. The van der Waals surface area contributed by atoms with Gasteiger partial charge in [0, 0.05) is 25.2 Å². The third-order valence-electron chi connectivity index (χ3n) is 3.26. The predicted octanol–water partition coefficient (Wildman–Crippen LogP) is 1.67. The minimum absolute atomic E-state index is 0.920. The van der Waals surface area contributed by atoms with E-state index < -0.39 is 0 Å². The van der Waals surface area contributed by atoms with E-state index in [1.165, 1.54) is 12.0 Å². The highest BCUT2D eigenvalue weighted by atomic mass is 16.5. The molecule has 0 unspecified atom stereocenters. The van der Waals surface area contributed by atoms with Crippen molar-refractivity contribution in [2.45, 2.75) is 13.0 Å². The zero-order chi connectivity index (χ0) is 14.8. The first kappa shape index (κ1) is 17.0. The average molecular weight is 279 g/mol. The molecule has 0 aliphatic rings. The Bertz CT molecular complexity index is 368. The molecule has 0 radical (unpaired) electrons. The number of nitrogens with one attached hydrogen (secondary N) is 1. The molecule has 0 aromatic heterocycles. The van der Waals surface area contributed by atoms with Gasteiger partial charge >= 0.3 is 0 Å². The van der Waals surface area contributed by atoms with Crippen molar-refractivity contribution in [2.75, 3.05) is 54.4 Å². The van der Waals surface area contributed by atoms with E-state index in [1.54, 1.807) is 7.11 Å². The number of ether oxygens (including phenoxy) is 1. The van der Waals surface area contributed by atoms with Crippen molar-refractivity contribution in [1.29, 1.82) is 0 Å². The van der Waals surface area contributed by atoms with Crippen molar-refractivity contribution in [1.82, 2.24) is 15.1 Å². The molecule has 0 atom stereocenters. The largest absolute Gasteiger partial charge is 0.496 e. The molecule has 1 N–H and O–H groups in total. The van der Waals surface area contributed by atoms with Gasteiger partial charge < -0.3 is 19.9 Å². The smallest absolute Gasteiger partial charge is 0.123 e. The summed E-state index contributed by atoms with van der Waals surface area (Å²) >= 11 is 0. The lowest BCUT2D eigenvalue weighted by atomic mass is 10.2. The number of nitrogens with zero attached hydrogens (tertiary/aromatic N) is 2. The first-order chi connectivity index (χ1) is 9.63. The SMILES string of the molecule is COc1ccccc1CN(C)CCNCCCN(C)C. The maximum Gasteiger partial charge on any atom is 0.123 e. The van der Waals surface area contributed by atoms with Gasteiger partial charge in [-0.15, -0.1) is 0 Å². The van der Waals surface area contributed by atoms with Gasteiger partial charge in [0.1, 0.15) is 5.75 Å². The Morgan fingerprint density at radius 1 is 1.05 bits per heavy atom. The van der Waals surface area contributed by atoms with E-state index in [4.69, 9.17) is 4.74 Å². The van der Waals surface area contributed by atoms with Gasteiger partial charge in [-0.1, -0.05) is 18.2 Å². The number of para-hydroxylation sites is 1. The van der Waals surface area contributed by atoms with E-state index in [0.29, 0.717) is 0 Å². The number of likely N-dealkylation sites (N-methyl/N-ethyl adjacent to an activating group) is 1. The molecular formula is C16H29N3O. The van der Waals surface area contributed by atoms with Crippen molar-refractivity contribution < 1.29 is 4.74 Å². The molecule has 0 spiro atoms. The highest BCUT2D eigenvalue weighted by Gasteiger charge is 2.05. The highest BCUT2D eigenvalue weighted by molar-refractivity contribution is 5.32.